The van der Waals surface area contributed by atoms with Crippen molar-refractivity contribution < 1.29 is 4.79 Å². The number of aryl methyl sites for hydroxylation is 1. The lowest BCUT2D eigenvalue weighted by Crippen LogP contribution is -2.65. The van der Waals surface area contributed by atoms with Crippen LogP contribution >= 0.6 is 11.8 Å². The van der Waals surface area contributed by atoms with Crippen molar-refractivity contribution in [1.82, 2.24) is 4.98 Å². The van der Waals surface area contributed by atoms with Gasteiger partial charge in [-0.25, -0.2) is 0 Å². The Labute approximate surface area is 176 Å². The predicted molar refractivity (Wildman–Crippen MR) is 119 cm³/mol. The summed E-state index contributed by atoms with van der Waals surface area (Å²) in [6, 6.07) is 22.7. The number of nitrogens with zero attached hydrogens (tertiary/aromatic N) is 1. The van der Waals surface area contributed by atoms with E-state index in [2.05, 4.69) is 50.2 Å². The molecule has 1 aromatic heterocycles. The molecule has 29 heavy (non-hydrogen) atoms. The topological polar surface area (TPSA) is 30.0 Å². The molecule has 3 atom stereocenters. The predicted octanol–water partition coefficient (Wildman–Crippen LogP) is 6.34. The minimum atomic E-state index is -0.548. The van der Waals surface area contributed by atoms with Gasteiger partial charge in [0.05, 0.1) is 5.41 Å². The Balaban J connectivity index is 1.75. The fraction of sp³-hybridized carbons (Fsp3) is 0.308. The molecule has 1 aliphatic carbocycles. The Bertz CT molecular complexity index is 1060. The average molecular weight is 400 g/mol. The van der Waals surface area contributed by atoms with Gasteiger partial charge in [0.1, 0.15) is 0 Å². The molecule has 2 aromatic carbocycles. The first-order chi connectivity index (χ1) is 14.1. The van der Waals surface area contributed by atoms with E-state index in [1.807, 2.05) is 48.3 Å². The molecule has 1 aliphatic heterocycles. The van der Waals surface area contributed by atoms with Crippen molar-refractivity contribution in [3.05, 3.63) is 95.3 Å². The van der Waals surface area contributed by atoms with Gasteiger partial charge in [0.2, 0.25) is 0 Å². The van der Waals surface area contributed by atoms with E-state index < -0.39 is 5.41 Å². The van der Waals surface area contributed by atoms with E-state index in [1.54, 1.807) is 0 Å². The molecule has 2 nitrogen and oxygen atoms in total. The molecule has 0 bridgehead atoms. The molecule has 2 aliphatic rings. The number of hydrogen-bond acceptors (Lipinski definition) is 3. The van der Waals surface area contributed by atoms with Gasteiger partial charge in [-0.05, 0) is 43.0 Å². The van der Waals surface area contributed by atoms with Gasteiger partial charge in [0, 0.05) is 33.0 Å². The van der Waals surface area contributed by atoms with Crippen LogP contribution in [0, 0.1) is 6.92 Å². The zero-order valence-corrected chi connectivity index (χ0v) is 17.7. The Kier molecular flexibility index (Phi) is 4.40. The maximum Gasteiger partial charge on any atom is 0.175 e. The number of pyridine rings is 1. The third-order valence-corrected chi connectivity index (χ3v) is 8.39. The summed E-state index contributed by atoms with van der Waals surface area (Å²) in [4.78, 5) is 20.3. The number of carbonyl (C=O) groups is 1. The number of aromatic nitrogens is 1. The highest BCUT2D eigenvalue weighted by atomic mass is 32.2. The molecule has 0 N–H and O–H groups in total. The molecule has 0 spiro atoms. The minimum absolute atomic E-state index is 0.0877. The zero-order valence-electron chi connectivity index (χ0n) is 16.9. The molecule has 0 radical (unpaired) electrons. The van der Waals surface area contributed by atoms with E-state index in [4.69, 9.17) is 4.98 Å². The smallest absolute Gasteiger partial charge is 0.175 e. The first-order valence-electron chi connectivity index (χ1n) is 10.4. The maximum absolute atomic E-state index is 14.3. The number of ketones is 1. The van der Waals surface area contributed by atoms with Crippen LogP contribution in [0.2, 0.25) is 0 Å². The van der Waals surface area contributed by atoms with Crippen molar-refractivity contribution in [2.24, 2.45) is 0 Å². The Morgan fingerprint density at radius 1 is 1.07 bits per heavy atom. The number of benzene rings is 2. The van der Waals surface area contributed by atoms with Crippen LogP contribution in [0.4, 0.5) is 0 Å². The van der Waals surface area contributed by atoms with Crippen LogP contribution in [-0.2, 0) is 5.41 Å². The van der Waals surface area contributed by atoms with E-state index in [-0.39, 0.29) is 16.4 Å². The fourth-order valence-corrected chi connectivity index (χ4v) is 7.52. The van der Waals surface area contributed by atoms with Crippen LogP contribution < -0.4 is 0 Å². The standard InChI is InChI=1S/C26H25NOS/c1-3-15-25-16-21(22-14-13-18(2)17-27-22)26(25,20-11-7-8-12-23(20)29-25)24(28)19-9-5-4-6-10-19/h4-14,17,21H,3,15-16H2,1-2H3/t21-,25+,26-/m1/s1. The fourth-order valence-electron chi connectivity index (χ4n) is 5.55. The molecule has 1 fully saturated rings. The van der Waals surface area contributed by atoms with Gasteiger partial charge < -0.3 is 0 Å². The van der Waals surface area contributed by atoms with Crippen LogP contribution in [0.1, 0.15) is 59.3 Å². The number of thioether (sulfide) groups is 1. The summed E-state index contributed by atoms with van der Waals surface area (Å²) < 4.78 is -0.0877. The van der Waals surface area contributed by atoms with Gasteiger partial charge in [0.25, 0.3) is 0 Å². The van der Waals surface area contributed by atoms with Crippen molar-refractivity contribution >= 4 is 17.5 Å². The molecule has 3 aromatic rings. The molecule has 146 valence electrons. The molecule has 3 heteroatoms. The Morgan fingerprint density at radius 3 is 2.55 bits per heavy atom. The second-order valence-corrected chi connectivity index (χ2v) is 9.79. The van der Waals surface area contributed by atoms with Crippen molar-refractivity contribution in [2.45, 2.75) is 54.1 Å². The number of hydrogen-bond donors (Lipinski definition) is 0. The molecular formula is C26H25NOS. The largest absolute Gasteiger partial charge is 0.293 e. The van der Waals surface area contributed by atoms with Crippen molar-refractivity contribution in [3.8, 4) is 0 Å². The van der Waals surface area contributed by atoms with E-state index in [9.17, 15) is 4.79 Å². The third kappa shape index (κ3) is 2.50. The first kappa shape index (κ1) is 18.6. The molecular weight excluding hydrogens is 374 g/mol. The Morgan fingerprint density at radius 2 is 1.83 bits per heavy atom. The molecule has 1 saturated carbocycles. The quantitative estimate of drug-likeness (QED) is 0.469. The van der Waals surface area contributed by atoms with Crippen LogP contribution in [-0.4, -0.2) is 15.5 Å². The van der Waals surface area contributed by atoms with Gasteiger partial charge in [-0.15, -0.1) is 11.8 Å². The van der Waals surface area contributed by atoms with E-state index >= 15 is 0 Å². The third-order valence-electron chi connectivity index (χ3n) is 6.73. The van der Waals surface area contributed by atoms with E-state index in [1.165, 1.54) is 10.5 Å². The highest BCUT2D eigenvalue weighted by molar-refractivity contribution is 8.01. The van der Waals surface area contributed by atoms with Gasteiger partial charge in [-0.2, -0.15) is 0 Å². The van der Waals surface area contributed by atoms with Gasteiger partial charge >= 0.3 is 0 Å². The van der Waals surface area contributed by atoms with E-state index in [0.717, 1.165) is 36.1 Å². The summed E-state index contributed by atoms with van der Waals surface area (Å²) in [6.45, 7) is 4.29. The van der Waals surface area contributed by atoms with Crippen LogP contribution in [0.5, 0.6) is 0 Å². The van der Waals surface area contributed by atoms with Crippen molar-refractivity contribution in [1.29, 1.82) is 0 Å². The lowest BCUT2D eigenvalue weighted by molar-refractivity contribution is 0.0585. The molecule has 0 amide bonds. The Hall–Kier alpha value is -2.39. The van der Waals surface area contributed by atoms with Crippen LogP contribution in [0.3, 0.4) is 0 Å². The summed E-state index contributed by atoms with van der Waals surface area (Å²) in [7, 11) is 0. The summed E-state index contributed by atoms with van der Waals surface area (Å²) in [5.74, 6) is 0.362. The zero-order chi connectivity index (χ0) is 20.1. The number of carbonyl (C=O) groups excluding carboxylic acids is 1. The van der Waals surface area contributed by atoms with Crippen molar-refractivity contribution in [3.63, 3.8) is 0 Å². The van der Waals surface area contributed by atoms with Crippen LogP contribution in [0.15, 0.2) is 77.8 Å². The number of Topliss-reactive ketones (excluding diaryl/α,β-unsaturated/α-hetero) is 1. The molecule has 5 rings (SSSR count). The summed E-state index contributed by atoms with van der Waals surface area (Å²) in [6.07, 6.45) is 5.03. The second kappa shape index (κ2) is 6.84. The highest BCUT2D eigenvalue weighted by Gasteiger charge is 2.73. The number of rotatable bonds is 5. The normalized spacial score (nSPS) is 27.0. The van der Waals surface area contributed by atoms with E-state index in [0.29, 0.717) is 0 Å². The minimum Gasteiger partial charge on any atom is -0.293 e. The van der Waals surface area contributed by atoms with Gasteiger partial charge in [0.15, 0.2) is 5.78 Å². The van der Waals surface area contributed by atoms with Crippen molar-refractivity contribution in [2.75, 3.05) is 0 Å². The summed E-state index contributed by atoms with van der Waals surface area (Å²) in [5.41, 5.74) is 3.66. The first-order valence-corrected chi connectivity index (χ1v) is 11.2. The molecule has 0 saturated heterocycles. The second-order valence-electron chi connectivity index (χ2n) is 8.36. The monoisotopic (exact) mass is 399 g/mol. The lowest BCUT2D eigenvalue weighted by atomic mass is 9.45. The van der Waals surface area contributed by atoms with Crippen LogP contribution in [0.25, 0.3) is 0 Å². The average Bonchev–Trinajstić information content (AvgIpc) is 2.95. The maximum atomic E-state index is 14.3. The molecule has 2 heterocycles. The summed E-state index contributed by atoms with van der Waals surface area (Å²) in [5, 5.41) is 0. The summed E-state index contributed by atoms with van der Waals surface area (Å²) >= 11 is 1.93. The van der Waals surface area contributed by atoms with Gasteiger partial charge in [-0.1, -0.05) is 67.9 Å². The highest BCUT2D eigenvalue weighted by Crippen LogP contribution is 2.75. The SMILES string of the molecule is CCC[C@]12C[C@H](c3ccc(C)cn3)[C@@]1(C(=O)c1ccccc1)c1ccccc1S2. The van der Waals surface area contributed by atoms with Gasteiger partial charge in [-0.3, -0.25) is 9.78 Å². The number of fused-ring (bicyclic) bond motifs is 3. The lowest BCUT2D eigenvalue weighted by Gasteiger charge is -2.59. The molecule has 0 unspecified atom stereocenters.